The maximum absolute atomic E-state index is 11.9. The SMILES string of the molecule is Cc1nc2ccc(NC(=O)/C=C/c3ccc([N+](=O)[O-])o3)cc2s1. The van der Waals surface area contributed by atoms with Crippen molar-refractivity contribution >= 4 is 45.1 Å². The van der Waals surface area contributed by atoms with Gasteiger partial charge in [0.15, 0.2) is 0 Å². The molecule has 2 heterocycles. The number of thiazole rings is 1. The summed E-state index contributed by atoms with van der Waals surface area (Å²) in [6.07, 6.45) is 2.63. The van der Waals surface area contributed by atoms with E-state index >= 15 is 0 Å². The molecule has 1 aromatic carbocycles. The molecule has 0 aliphatic rings. The molecule has 0 saturated heterocycles. The van der Waals surface area contributed by atoms with Crippen molar-refractivity contribution < 1.29 is 14.1 Å². The molecule has 3 aromatic rings. The van der Waals surface area contributed by atoms with Crippen LogP contribution in [0.4, 0.5) is 11.6 Å². The molecular formula is C15H11N3O4S. The van der Waals surface area contributed by atoms with Crippen LogP contribution in [0, 0.1) is 17.0 Å². The van der Waals surface area contributed by atoms with Crippen LogP contribution in [0.3, 0.4) is 0 Å². The lowest BCUT2D eigenvalue weighted by Gasteiger charge is -2.01. The average molecular weight is 329 g/mol. The van der Waals surface area contributed by atoms with Gasteiger partial charge in [0.1, 0.15) is 10.7 Å². The number of rotatable bonds is 4. The monoisotopic (exact) mass is 329 g/mol. The normalized spacial score (nSPS) is 11.2. The van der Waals surface area contributed by atoms with Crippen LogP contribution in [0.25, 0.3) is 16.3 Å². The van der Waals surface area contributed by atoms with E-state index in [9.17, 15) is 14.9 Å². The van der Waals surface area contributed by atoms with Gasteiger partial charge in [-0.1, -0.05) is 0 Å². The third-order valence-electron chi connectivity index (χ3n) is 2.95. The number of nitrogens with zero attached hydrogens (tertiary/aromatic N) is 2. The lowest BCUT2D eigenvalue weighted by atomic mass is 10.3. The first-order chi connectivity index (χ1) is 11.0. The predicted octanol–water partition coefficient (Wildman–Crippen LogP) is 3.76. The fraction of sp³-hybridized carbons (Fsp3) is 0.0667. The molecule has 0 saturated carbocycles. The van der Waals surface area contributed by atoms with Crippen LogP contribution in [0.15, 0.2) is 40.8 Å². The number of benzene rings is 1. The van der Waals surface area contributed by atoms with Gasteiger partial charge in [-0.15, -0.1) is 11.3 Å². The molecule has 7 nitrogen and oxygen atoms in total. The Hall–Kier alpha value is -3.00. The van der Waals surface area contributed by atoms with Gasteiger partial charge in [-0.25, -0.2) is 4.98 Å². The molecule has 116 valence electrons. The highest BCUT2D eigenvalue weighted by Gasteiger charge is 2.10. The van der Waals surface area contributed by atoms with Crippen molar-refractivity contribution in [2.75, 3.05) is 5.32 Å². The largest absolute Gasteiger partial charge is 0.433 e. The minimum absolute atomic E-state index is 0.236. The first-order valence-corrected chi connectivity index (χ1v) is 7.43. The summed E-state index contributed by atoms with van der Waals surface area (Å²) >= 11 is 1.55. The van der Waals surface area contributed by atoms with Gasteiger partial charge in [0, 0.05) is 11.8 Å². The highest BCUT2D eigenvalue weighted by Crippen LogP contribution is 2.24. The van der Waals surface area contributed by atoms with Crippen LogP contribution in [0.1, 0.15) is 10.8 Å². The Labute approximate surface area is 134 Å². The minimum atomic E-state index is -0.635. The molecule has 2 aromatic heterocycles. The summed E-state index contributed by atoms with van der Waals surface area (Å²) in [5.41, 5.74) is 1.55. The molecule has 23 heavy (non-hydrogen) atoms. The molecular weight excluding hydrogens is 318 g/mol. The fourth-order valence-electron chi connectivity index (χ4n) is 1.99. The number of carbonyl (C=O) groups excluding carboxylic acids is 1. The van der Waals surface area contributed by atoms with Crippen LogP contribution in [0.2, 0.25) is 0 Å². The summed E-state index contributed by atoms with van der Waals surface area (Å²) in [6.45, 7) is 1.92. The molecule has 3 rings (SSSR count). The summed E-state index contributed by atoms with van der Waals surface area (Å²) in [4.78, 5) is 26.1. The van der Waals surface area contributed by atoms with Crippen molar-refractivity contribution in [3.05, 3.63) is 57.3 Å². The number of furan rings is 1. The number of nitrogens with one attached hydrogen (secondary N) is 1. The zero-order valence-electron chi connectivity index (χ0n) is 12.0. The van der Waals surface area contributed by atoms with Crippen molar-refractivity contribution in [1.29, 1.82) is 0 Å². The number of fused-ring (bicyclic) bond motifs is 1. The van der Waals surface area contributed by atoms with Crippen LogP contribution in [-0.4, -0.2) is 15.8 Å². The molecule has 0 atom stereocenters. The van der Waals surface area contributed by atoms with E-state index in [1.54, 1.807) is 17.4 Å². The van der Waals surface area contributed by atoms with Gasteiger partial charge in [-0.05, 0) is 37.3 Å². The number of hydrogen-bond donors (Lipinski definition) is 1. The molecule has 0 aliphatic heterocycles. The summed E-state index contributed by atoms with van der Waals surface area (Å²) in [7, 11) is 0. The van der Waals surface area contributed by atoms with Crippen molar-refractivity contribution in [1.82, 2.24) is 4.98 Å². The lowest BCUT2D eigenvalue weighted by molar-refractivity contribution is -0.402. The third-order valence-corrected chi connectivity index (χ3v) is 3.89. The van der Waals surface area contributed by atoms with Gasteiger partial charge >= 0.3 is 5.88 Å². The summed E-state index contributed by atoms with van der Waals surface area (Å²) in [5, 5.41) is 14.2. The van der Waals surface area contributed by atoms with Gasteiger partial charge in [0.2, 0.25) is 5.91 Å². The Morgan fingerprint density at radius 3 is 2.96 bits per heavy atom. The van der Waals surface area contributed by atoms with Crippen LogP contribution >= 0.6 is 11.3 Å². The first kappa shape index (κ1) is 14.9. The second-order valence-corrected chi connectivity index (χ2v) is 5.91. The number of carbonyl (C=O) groups is 1. The maximum Gasteiger partial charge on any atom is 0.433 e. The Kier molecular flexibility index (Phi) is 3.90. The zero-order valence-corrected chi connectivity index (χ0v) is 12.8. The van der Waals surface area contributed by atoms with Crippen molar-refractivity contribution in [3.8, 4) is 0 Å². The van der Waals surface area contributed by atoms with E-state index in [4.69, 9.17) is 4.42 Å². The molecule has 0 bridgehead atoms. The van der Waals surface area contributed by atoms with Crippen LogP contribution < -0.4 is 5.32 Å². The molecule has 0 spiro atoms. The molecule has 0 unspecified atom stereocenters. The van der Waals surface area contributed by atoms with E-state index < -0.39 is 4.92 Å². The van der Waals surface area contributed by atoms with Gasteiger partial charge < -0.3 is 9.73 Å². The summed E-state index contributed by atoms with van der Waals surface area (Å²) in [6, 6.07) is 8.12. The molecule has 8 heteroatoms. The van der Waals surface area contributed by atoms with Gasteiger partial charge in [0.05, 0.1) is 21.3 Å². The quantitative estimate of drug-likeness (QED) is 0.446. The van der Waals surface area contributed by atoms with Gasteiger partial charge in [0.25, 0.3) is 0 Å². The summed E-state index contributed by atoms with van der Waals surface area (Å²) < 4.78 is 5.93. The number of anilines is 1. The van der Waals surface area contributed by atoms with Gasteiger partial charge in [-0.2, -0.15) is 0 Å². The van der Waals surface area contributed by atoms with E-state index in [1.807, 2.05) is 19.1 Å². The lowest BCUT2D eigenvalue weighted by Crippen LogP contribution is -2.07. The second-order valence-electron chi connectivity index (χ2n) is 4.67. The van der Waals surface area contributed by atoms with Gasteiger partial charge in [-0.3, -0.25) is 14.9 Å². The Bertz CT molecular complexity index is 926. The number of aromatic nitrogens is 1. The molecule has 1 N–H and O–H groups in total. The maximum atomic E-state index is 11.9. The third kappa shape index (κ3) is 3.43. The first-order valence-electron chi connectivity index (χ1n) is 6.62. The number of aryl methyl sites for hydroxylation is 1. The van der Waals surface area contributed by atoms with Crippen LogP contribution in [-0.2, 0) is 4.79 Å². The zero-order chi connectivity index (χ0) is 16.4. The molecule has 0 fully saturated rings. The Morgan fingerprint density at radius 2 is 2.22 bits per heavy atom. The molecule has 0 radical (unpaired) electrons. The standard InChI is InChI=1S/C15H11N3O4S/c1-9-16-12-5-2-10(8-13(12)23-9)17-14(19)6-3-11-4-7-15(22-11)18(20)21/h2-8H,1H3,(H,17,19)/b6-3+. The predicted molar refractivity (Wildman–Crippen MR) is 87.4 cm³/mol. The fourth-order valence-corrected chi connectivity index (χ4v) is 2.86. The Balaban J connectivity index is 1.69. The van der Waals surface area contributed by atoms with E-state index in [0.717, 1.165) is 15.2 Å². The molecule has 0 aliphatic carbocycles. The van der Waals surface area contributed by atoms with Crippen LogP contribution in [0.5, 0.6) is 0 Å². The number of hydrogen-bond acceptors (Lipinski definition) is 6. The number of amides is 1. The van der Waals surface area contributed by atoms with E-state index in [-0.39, 0.29) is 17.6 Å². The smallest absolute Gasteiger partial charge is 0.401 e. The topological polar surface area (TPSA) is 98.3 Å². The van der Waals surface area contributed by atoms with E-state index in [0.29, 0.717) is 5.69 Å². The van der Waals surface area contributed by atoms with Crippen molar-refractivity contribution in [3.63, 3.8) is 0 Å². The Morgan fingerprint density at radius 1 is 1.39 bits per heavy atom. The summed E-state index contributed by atoms with van der Waals surface area (Å²) in [5.74, 6) is -0.485. The minimum Gasteiger partial charge on any atom is -0.401 e. The van der Waals surface area contributed by atoms with Crippen molar-refractivity contribution in [2.45, 2.75) is 6.92 Å². The average Bonchev–Trinajstić information content (AvgIpc) is 3.10. The molecule has 1 amide bonds. The number of nitro groups is 1. The second kappa shape index (κ2) is 6.01. The van der Waals surface area contributed by atoms with E-state index in [2.05, 4.69) is 10.3 Å². The van der Waals surface area contributed by atoms with E-state index in [1.165, 1.54) is 24.3 Å². The highest BCUT2D eigenvalue weighted by atomic mass is 32.1. The van der Waals surface area contributed by atoms with Crippen molar-refractivity contribution in [2.24, 2.45) is 0 Å². The highest BCUT2D eigenvalue weighted by molar-refractivity contribution is 7.18.